The molecule has 2 aromatic carbocycles. The van der Waals surface area contributed by atoms with Crippen LogP contribution >= 0.6 is 0 Å². The molecule has 1 amide bonds. The molecule has 1 fully saturated rings. The molecule has 0 saturated carbocycles. The van der Waals surface area contributed by atoms with Gasteiger partial charge in [0.05, 0.1) is 5.92 Å². The fraction of sp³-hybridized carbons (Fsp3) is 0.346. The van der Waals surface area contributed by atoms with Crippen LogP contribution in [-0.2, 0) is 11.2 Å². The summed E-state index contributed by atoms with van der Waals surface area (Å²) >= 11 is 0. The molecule has 5 nitrogen and oxygen atoms in total. The number of hydrogen-bond acceptors (Lipinski definition) is 4. The molecule has 160 valence electrons. The van der Waals surface area contributed by atoms with E-state index in [0.29, 0.717) is 12.4 Å². The van der Waals surface area contributed by atoms with E-state index < -0.39 is 0 Å². The molecule has 0 radical (unpaired) electrons. The van der Waals surface area contributed by atoms with Gasteiger partial charge in [0.15, 0.2) is 5.82 Å². The molecule has 1 aliphatic rings. The molecule has 1 atom stereocenters. The number of carbonyl (C=O) groups is 1. The quantitative estimate of drug-likeness (QED) is 0.567. The summed E-state index contributed by atoms with van der Waals surface area (Å²) in [5, 5.41) is 3.11. The van der Waals surface area contributed by atoms with Gasteiger partial charge in [-0.25, -0.2) is 9.97 Å². The topological polar surface area (TPSA) is 58.1 Å². The van der Waals surface area contributed by atoms with Crippen molar-refractivity contribution in [2.75, 3.05) is 23.3 Å². The Morgan fingerprint density at radius 1 is 1.10 bits per heavy atom. The fourth-order valence-electron chi connectivity index (χ4n) is 4.03. The van der Waals surface area contributed by atoms with Crippen LogP contribution < -0.4 is 10.2 Å². The maximum Gasteiger partial charge on any atom is 0.229 e. The molecule has 5 heteroatoms. The Hall–Kier alpha value is -3.21. The van der Waals surface area contributed by atoms with Gasteiger partial charge >= 0.3 is 0 Å². The maximum atomic E-state index is 12.9. The van der Waals surface area contributed by atoms with Crippen molar-refractivity contribution >= 4 is 17.4 Å². The molecular formula is C26H30N4O. The third kappa shape index (κ3) is 5.48. The van der Waals surface area contributed by atoms with Crippen molar-refractivity contribution in [3.8, 4) is 11.4 Å². The van der Waals surface area contributed by atoms with Crippen LogP contribution in [0.1, 0.15) is 38.2 Å². The molecule has 0 aliphatic carbocycles. The number of piperidine rings is 1. The molecule has 0 bridgehead atoms. The number of rotatable bonds is 7. The summed E-state index contributed by atoms with van der Waals surface area (Å²) in [7, 11) is 0. The van der Waals surface area contributed by atoms with Gasteiger partial charge in [0.25, 0.3) is 0 Å². The molecule has 1 saturated heterocycles. The smallest absolute Gasteiger partial charge is 0.229 e. The number of hydrogen-bond donors (Lipinski definition) is 1. The Labute approximate surface area is 184 Å². The first kappa shape index (κ1) is 21.0. The zero-order valence-corrected chi connectivity index (χ0v) is 18.1. The first-order valence-corrected chi connectivity index (χ1v) is 11.3. The van der Waals surface area contributed by atoms with Crippen LogP contribution in [0, 0.1) is 5.92 Å². The molecule has 2 heterocycles. The normalized spacial score (nSPS) is 16.2. The number of carbonyl (C=O) groups excluding carboxylic acids is 1. The summed E-state index contributed by atoms with van der Waals surface area (Å²) in [6.45, 7) is 3.78. The largest absolute Gasteiger partial charge is 0.356 e. The van der Waals surface area contributed by atoms with Crippen molar-refractivity contribution in [3.63, 3.8) is 0 Å². The Morgan fingerprint density at radius 3 is 2.68 bits per heavy atom. The lowest BCUT2D eigenvalue weighted by atomic mass is 9.97. The van der Waals surface area contributed by atoms with Crippen molar-refractivity contribution in [1.29, 1.82) is 0 Å². The highest BCUT2D eigenvalue weighted by molar-refractivity contribution is 5.93. The number of amides is 1. The standard InChI is InChI=1S/C26H30N4O/c1-2-3-8-20-12-14-23(15-13-20)28-26(31)22-11-7-18-30(19-22)24-16-17-27-25(29-24)21-9-5-4-6-10-21/h4-6,9-10,12-17,22H,2-3,7-8,11,18-19H2,1H3,(H,28,31)/t22-/m1/s1. The minimum Gasteiger partial charge on any atom is -0.356 e. The summed E-state index contributed by atoms with van der Waals surface area (Å²) in [6, 6.07) is 20.2. The van der Waals surface area contributed by atoms with E-state index in [-0.39, 0.29) is 11.8 Å². The zero-order valence-electron chi connectivity index (χ0n) is 18.1. The van der Waals surface area contributed by atoms with E-state index in [9.17, 15) is 4.79 Å². The van der Waals surface area contributed by atoms with Crippen LogP contribution in [0.3, 0.4) is 0 Å². The van der Waals surface area contributed by atoms with Gasteiger partial charge in [-0.2, -0.15) is 0 Å². The van der Waals surface area contributed by atoms with Crippen molar-refractivity contribution in [2.45, 2.75) is 39.0 Å². The number of unbranched alkanes of at least 4 members (excludes halogenated alkanes) is 1. The number of nitrogens with zero attached hydrogens (tertiary/aromatic N) is 3. The molecular weight excluding hydrogens is 384 g/mol. The van der Waals surface area contributed by atoms with Crippen LogP contribution in [0.2, 0.25) is 0 Å². The molecule has 1 N–H and O–H groups in total. The van der Waals surface area contributed by atoms with E-state index >= 15 is 0 Å². The highest BCUT2D eigenvalue weighted by Crippen LogP contribution is 2.25. The average molecular weight is 415 g/mol. The molecule has 0 spiro atoms. The Bertz CT molecular complexity index is 988. The highest BCUT2D eigenvalue weighted by Gasteiger charge is 2.27. The van der Waals surface area contributed by atoms with E-state index in [2.05, 4.69) is 34.3 Å². The third-order valence-electron chi connectivity index (χ3n) is 5.83. The predicted molar refractivity (Wildman–Crippen MR) is 126 cm³/mol. The maximum absolute atomic E-state index is 12.9. The Kier molecular flexibility index (Phi) is 6.92. The summed E-state index contributed by atoms with van der Waals surface area (Å²) < 4.78 is 0. The first-order chi connectivity index (χ1) is 15.2. The van der Waals surface area contributed by atoms with E-state index in [1.54, 1.807) is 6.20 Å². The van der Waals surface area contributed by atoms with Gasteiger partial charge in [-0.15, -0.1) is 0 Å². The van der Waals surface area contributed by atoms with E-state index in [0.717, 1.165) is 42.9 Å². The minimum atomic E-state index is -0.0522. The lowest BCUT2D eigenvalue weighted by molar-refractivity contribution is -0.120. The first-order valence-electron chi connectivity index (χ1n) is 11.3. The Balaban J connectivity index is 1.40. The van der Waals surface area contributed by atoms with Gasteiger partial charge < -0.3 is 10.2 Å². The van der Waals surface area contributed by atoms with Gasteiger partial charge in [-0.05, 0) is 49.4 Å². The second-order valence-corrected chi connectivity index (χ2v) is 8.18. The highest BCUT2D eigenvalue weighted by atomic mass is 16.1. The molecule has 1 aromatic heterocycles. The number of nitrogens with one attached hydrogen (secondary N) is 1. The van der Waals surface area contributed by atoms with Crippen LogP contribution in [0.4, 0.5) is 11.5 Å². The van der Waals surface area contributed by atoms with Crippen LogP contribution in [0.15, 0.2) is 66.9 Å². The number of anilines is 2. The van der Waals surface area contributed by atoms with Crippen LogP contribution in [-0.4, -0.2) is 29.0 Å². The lowest BCUT2D eigenvalue weighted by Gasteiger charge is -2.33. The van der Waals surface area contributed by atoms with Gasteiger partial charge in [-0.3, -0.25) is 4.79 Å². The van der Waals surface area contributed by atoms with E-state index in [1.807, 2.05) is 48.5 Å². The lowest BCUT2D eigenvalue weighted by Crippen LogP contribution is -2.41. The van der Waals surface area contributed by atoms with Crippen molar-refractivity contribution < 1.29 is 4.79 Å². The van der Waals surface area contributed by atoms with Crippen molar-refractivity contribution in [3.05, 3.63) is 72.4 Å². The molecule has 3 aromatic rings. The zero-order chi connectivity index (χ0) is 21.5. The second kappa shape index (κ2) is 10.2. The number of aromatic nitrogens is 2. The molecule has 4 rings (SSSR count). The van der Waals surface area contributed by atoms with Crippen LogP contribution in [0.5, 0.6) is 0 Å². The second-order valence-electron chi connectivity index (χ2n) is 8.18. The SMILES string of the molecule is CCCCc1ccc(NC(=O)[C@@H]2CCCN(c3ccnc(-c4ccccc4)n3)C2)cc1. The third-order valence-corrected chi connectivity index (χ3v) is 5.83. The fourth-order valence-corrected chi connectivity index (χ4v) is 4.03. The van der Waals surface area contributed by atoms with Gasteiger partial charge in [0.1, 0.15) is 5.82 Å². The van der Waals surface area contributed by atoms with Crippen molar-refractivity contribution in [2.24, 2.45) is 5.92 Å². The van der Waals surface area contributed by atoms with Gasteiger partial charge in [0.2, 0.25) is 5.91 Å². The average Bonchev–Trinajstić information content (AvgIpc) is 2.84. The van der Waals surface area contributed by atoms with E-state index in [4.69, 9.17) is 4.98 Å². The van der Waals surface area contributed by atoms with Gasteiger partial charge in [-0.1, -0.05) is 55.8 Å². The molecule has 1 aliphatic heterocycles. The summed E-state index contributed by atoms with van der Waals surface area (Å²) in [5.74, 6) is 1.63. The predicted octanol–water partition coefficient (Wildman–Crippen LogP) is 5.34. The summed E-state index contributed by atoms with van der Waals surface area (Å²) in [5.41, 5.74) is 3.19. The molecule has 31 heavy (non-hydrogen) atoms. The molecule has 0 unspecified atom stereocenters. The Morgan fingerprint density at radius 2 is 1.90 bits per heavy atom. The van der Waals surface area contributed by atoms with Gasteiger partial charge in [0, 0.05) is 30.5 Å². The number of benzene rings is 2. The minimum absolute atomic E-state index is 0.0522. The summed E-state index contributed by atoms with van der Waals surface area (Å²) in [6.07, 6.45) is 7.14. The van der Waals surface area contributed by atoms with E-state index in [1.165, 1.54) is 18.4 Å². The number of aryl methyl sites for hydroxylation is 1. The monoisotopic (exact) mass is 414 g/mol. The van der Waals surface area contributed by atoms with Crippen molar-refractivity contribution in [1.82, 2.24) is 9.97 Å². The van der Waals surface area contributed by atoms with Crippen LogP contribution in [0.25, 0.3) is 11.4 Å². The summed E-state index contributed by atoms with van der Waals surface area (Å²) in [4.78, 5) is 24.3.